The number of hydrogen-bond acceptors (Lipinski definition) is 4. The summed E-state index contributed by atoms with van der Waals surface area (Å²) >= 11 is 0. The third-order valence-corrected chi connectivity index (χ3v) is 5.03. The average Bonchev–Trinajstić information content (AvgIpc) is 3.05. The molecule has 5 heteroatoms. The van der Waals surface area contributed by atoms with E-state index < -0.39 is 0 Å². The summed E-state index contributed by atoms with van der Waals surface area (Å²) in [5.74, 6) is 0. The van der Waals surface area contributed by atoms with E-state index in [4.69, 9.17) is 0 Å². The smallest absolute Gasteiger partial charge is 0.0843 e. The van der Waals surface area contributed by atoms with Crippen LogP contribution in [0.3, 0.4) is 0 Å². The van der Waals surface area contributed by atoms with Gasteiger partial charge in [-0.3, -0.25) is 19.9 Å². The summed E-state index contributed by atoms with van der Waals surface area (Å²) in [6, 6.07) is 16.7. The van der Waals surface area contributed by atoms with Crippen LogP contribution in [0.5, 0.6) is 0 Å². The SMILES string of the molecule is Cc1[nH]nc(CN2CCN(Cc3ccccn3)CC2)c1-c1ccccc1. The van der Waals surface area contributed by atoms with Gasteiger partial charge in [0.2, 0.25) is 0 Å². The zero-order chi connectivity index (χ0) is 17.8. The minimum atomic E-state index is 0.895. The van der Waals surface area contributed by atoms with Crippen molar-refractivity contribution in [1.29, 1.82) is 0 Å². The number of hydrogen-bond donors (Lipinski definition) is 1. The summed E-state index contributed by atoms with van der Waals surface area (Å²) in [5.41, 5.74) is 5.92. The second-order valence-electron chi connectivity index (χ2n) is 6.91. The van der Waals surface area contributed by atoms with Crippen LogP contribution in [0.25, 0.3) is 11.1 Å². The first kappa shape index (κ1) is 16.9. The van der Waals surface area contributed by atoms with Crippen LogP contribution in [0.2, 0.25) is 0 Å². The molecule has 1 aliphatic heterocycles. The molecule has 1 aliphatic rings. The number of aryl methyl sites for hydroxylation is 1. The highest BCUT2D eigenvalue weighted by molar-refractivity contribution is 5.68. The van der Waals surface area contributed by atoms with Crippen LogP contribution in [0.1, 0.15) is 17.1 Å². The molecule has 3 heterocycles. The summed E-state index contributed by atoms with van der Waals surface area (Å²) in [6.07, 6.45) is 1.87. The molecule has 1 aromatic carbocycles. The fraction of sp³-hybridized carbons (Fsp3) is 0.333. The van der Waals surface area contributed by atoms with Crippen molar-refractivity contribution in [1.82, 2.24) is 25.0 Å². The number of piperazine rings is 1. The van der Waals surface area contributed by atoms with Crippen LogP contribution >= 0.6 is 0 Å². The predicted octanol–water partition coefficient (Wildman–Crippen LogP) is 3.10. The summed E-state index contributed by atoms with van der Waals surface area (Å²) < 4.78 is 0. The highest BCUT2D eigenvalue weighted by Gasteiger charge is 2.20. The van der Waals surface area contributed by atoms with E-state index in [1.807, 2.05) is 12.3 Å². The van der Waals surface area contributed by atoms with Crippen molar-refractivity contribution in [2.45, 2.75) is 20.0 Å². The van der Waals surface area contributed by atoms with E-state index in [2.05, 4.69) is 74.4 Å². The van der Waals surface area contributed by atoms with Crippen LogP contribution < -0.4 is 0 Å². The molecule has 0 radical (unpaired) electrons. The Morgan fingerprint density at radius 1 is 0.885 bits per heavy atom. The number of rotatable bonds is 5. The first-order chi connectivity index (χ1) is 12.8. The first-order valence-corrected chi connectivity index (χ1v) is 9.23. The van der Waals surface area contributed by atoms with Gasteiger partial charge < -0.3 is 0 Å². The second kappa shape index (κ2) is 7.81. The molecule has 0 unspecified atom stereocenters. The maximum Gasteiger partial charge on any atom is 0.0843 e. The van der Waals surface area contributed by atoms with Gasteiger partial charge in [-0.2, -0.15) is 5.10 Å². The molecule has 5 nitrogen and oxygen atoms in total. The third-order valence-electron chi connectivity index (χ3n) is 5.03. The predicted molar refractivity (Wildman–Crippen MR) is 104 cm³/mol. The van der Waals surface area contributed by atoms with Gasteiger partial charge in [-0.25, -0.2) is 0 Å². The Kier molecular flexibility index (Phi) is 5.09. The Hall–Kier alpha value is -2.50. The molecule has 3 aromatic rings. The van der Waals surface area contributed by atoms with Crippen molar-refractivity contribution >= 4 is 0 Å². The lowest BCUT2D eigenvalue weighted by Gasteiger charge is -2.34. The summed E-state index contributed by atoms with van der Waals surface area (Å²) in [7, 11) is 0. The van der Waals surface area contributed by atoms with E-state index in [1.165, 1.54) is 11.1 Å². The Labute approximate surface area is 154 Å². The molecule has 0 aliphatic carbocycles. The summed E-state index contributed by atoms with van der Waals surface area (Å²) in [6.45, 7) is 8.20. The molecule has 0 saturated carbocycles. The number of nitrogens with zero attached hydrogens (tertiary/aromatic N) is 4. The first-order valence-electron chi connectivity index (χ1n) is 9.23. The Balaban J connectivity index is 1.38. The molecule has 26 heavy (non-hydrogen) atoms. The molecule has 1 saturated heterocycles. The lowest BCUT2D eigenvalue weighted by molar-refractivity contribution is 0.120. The fourth-order valence-corrected chi connectivity index (χ4v) is 3.62. The number of benzene rings is 1. The van der Waals surface area contributed by atoms with Gasteiger partial charge in [0.15, 0.2) is 0 Å². The van der Waals surface area contributed by atoms with Crippen molar-refractivity contribution in [3.8, 4) is 11.1 Å². The van der Waals surface area contributed by atoms with Crippen molar-refractivity contribution < 1.29 is 0 Å². The molecule has 0 bridgehead atoms. The molecule has 4 rings (SSSR count). The minimum Gasteiger partial charge on any atom is -0.295 e. The number of pyridine rings is 1. The lowest BCUT2D eigenvalue weighted by atomic mass is 10.0. The standard InChI is InChI=1S/C21H25N5/c1-17-21(18-7-3-2-4-8-18)20(24-23-17)16-26-13-11-25(12-14-26)15-19-9-5-6-10-22-19/h2-10H,11-16H2,1H3,(H,23,24). The lowest BCUT2D eigenvalue weighted by Crippen LogP contribution is -2.45. The van der Waals surface area contributed by atoms with E-state index in [9.17, 15) is 0 Å². The molecule has 0 amide bonds. The Morgan fingerprint density at radius 2 is 1.58 bits per heavy atom. The summed E-state index contributed by atoms with van der Waals surface area (Å²) in [5, 5.41) is 7.75. The van der Waals surface area contributed by atoms with Gasteiger partial charge >= 0.3 is 0 Å². The Bertz CT molecular complexity index is 820. The van der Waals surface area contributed by atoms with Gasteiger partial charge in [-0.1, -0.05) is 36.4 Å². The average molecular weight is 347 g/mol. The molecule has 1 N–H and O–H groups in total. The monoisotopic (exact) mass is 347 g/mol. The van der Waals surface area contributed by atoms with Crippen molar-refractivity contribution in [2.75, 3.05) is 26.2 Å². The third kappa shape index (κ3) is 3.84. The van der Waals surface area contributed by atoms with E-state index in [-0.39, 0.29) is 0 Å². The van der Waals surface area contributed by atoms with Gasteiger partial charge in [0.1, 0.15) is 0 Å². The van der Waals surface area contributed by atoms with E-state index in [0.29, 0.717) is 0 Å². The maximum absolute atomic E-state index is 4.58. The van der Waals surface area contributed by atoms with Crippen LogP contribution in [-0.4, -0.2) is 51.2 Å². The Morgan fingerprint density at radius 3 is 2.27 bits per heavy atom. The summed E-state index contributed by atoms with van der Waals surface area (Å²) in [4.78, 5) is 9.41. The van der Waals surface area contributed by atoms with Crippen LogP contribution in [0.15, 0.2) is 54.7 Å². The van der Waals surface area contributed by atoms with Crippen LogP contribution in [0, 0.1) is 6.92 Å². The molecular formula is C21H25N5. The molecular weight excluding hydrogens is 322 g/mol. The van der Waals surface area contributed by atoms with Crippen LogP contribution in [0.4, 0.5) is 0 Å². The quantitative estimate of drug-likeness (QED) is 0.770. The van der Waals surface area contributed by atoms with Crippen molar-refractivity contribution in [3.63, 3.8) is 0 Å². The number of H-pyrrole nitrogens is 1. The molecule has 2 aromatic heterocycles. The largest absolute Gasteiger partial charge is 0.295 e. The second-order valence-corrected chi connectivity index (χ2v) is 6.91. The number of aromatic amines is 1. The van der Waals surface area contributed by atoms with Gasteiger partial charge in [0.05, 0.1) is 11.4 Å². The van der Waals surface area contributed by atoms with Crippen molar-refractivity contribution in [2.24, 2.45) is 0 Å². The van der Waals surface area contributed by atoms with E-state index in [0.717, 1.165) is 56.4 Å². The zero-order valence-electron chi connectivity index (χ0n) is 15.2. The molecule has 134 valence electrons. The van der Waals surface area contributed by atoms with Gasteiger partial charge in [0.25, 0.3) is 0 Å². The van der Waals surface area contributed by atoms with E-state index >= 15 is 0 Å². The molecule has 0 spiro atoms. The molecule has 0 atom stereocenters. The topological polar surface area (TPSA) is 48.1 Å². The van der Waals surface area contributed by atoms with Gasteiger partial charge in [-0.15, -0.1) is 0 Å². The fourth-order valence-electron chi connectivity index (χ4n) is 3.62. The maximum atomic E-state index is 4.58. The molecule has 1 fully saturated rings. The normalized spacial score (nSPS) is 16.0. The number of aromatic nitrogens is 3. The highest BCUT2D eigenvalue weighted by Crippen LogP contribution is 2.26. The van der Waals surface area contributed by atoms with Gasteiger partial charge in [0, 0.05) is 56.7 Å². The zero-order valence-corrected chi connectivity index (χ0v) is 15.2. The number of nitrogens with one attached hydrogen (secondary N) is 1. The van der Waals surface area contributed by atoms with Crippen LogP contribution in [-0.2, 0) is 13.1 Å². The van der Waals surface area contributed by atoms with E-state index in [1.54, 1.807) is 0 Å². The highest BCUT2D eigenvalue weighted by atomic mass is 15.3. The van der Waals surface area contributed by atoms with Gasteiger partial charge in [-0.05, 0) is 24.6 Å². The minimum absolute atomic E-state index is 0.895. The van der Waals surface area contributed by atoms with Crippen molar-refractivity contribution in [3.05, 3.63) is 71.8 Å².